The molecule has 2 saturated heterocycles. The van der Waals surface area contributed by atoms with Gasteiger partial charge in [0.1, 0.15) is 5.60 Å². The Hall–Kier alpha value is -0.940. The lowest BCUT2D eigenvalue weighted by Gasteiger charge is -2.30. The first-order valence-corrected chi connectivity index (χ1v) is 6.72. The number of rotatable bonds is 2. The molecule has 2 heterocycles. The summed E-state index contributed by atoms with van der Waals surface area (Å²) in [5, 5.41) is 10.4. The topological polar surface area (TPSA) is 66.8 Å². The zero-order valence-electron chi connectivity index (χ0n) is 10.6. The Morgan fingerprint density at radius 3 is 2.44 bits per heavy atom. The number of imide groups is 1. The Balaban J connectivity index is 1.77. The van der Waals surface area contributed by atoms with Crippen LogP contribution in [0.25, 0.3) is 0 Å². The van der Waals surface area contributed by atoms with Gasteiger partial charge in [-0.25, -0.2) is 0 Å². The van der Waals surface area contributed by atoms with Gasteiger partial charge < -0.3 is 9.84 Å². The van der Waals surface area contributed by atoms with E-state index in [-0.39, 0.29) is 36.3 Å². The Morgan fingerprint density at radius 1 is 1.33 bits per heavy atom. The smallest absolute Gasteiger partial charge is 0.233 e. The van der Waals surface area contributed by atoms with Crippen LogP contribution in [0.4, 0.5) is 0 Å². The number of fused-ring (bicyclic) bond motifs is 1. The van der Waals surface area contributed by atoms with Crippen LogP contribution < -0.4 is 0 Å². The molecule has 3 fully saturated rings. The summed E-state index contributed by atoms with van der Waals surface area (Å²) in [5.74, 6) is -0.428. The monoisotopic (exact) mass is 253 g/mol. The number of hydrogen-bond acceptors (Lipinski definition) is 4. The van der Waals surface area contributed by atoms with Gasteiger partial charge in [-0.1, -0.05) is 6.42 Å². The molecule has 5 nitrogen and oxygen atoms in total. The van der Waals surface area contributed by atoms with E-state index in [1.807, 2.05) is 0 Å². The number of likely N-dealkylation sites (tertiary alicyclic amines) is 1. The molecule has 2 amide bonds. The summed E-state index contributed by atoms with van der Waals surface area (Å²) in [6, 6.07) is 0. The second kappa shape index (κ2) is 4.03. The third-order valence-electron chi connectivity index (χ3n) is 4.77. The van der Waals surface area contributed by atoms with Crippen molar-refractivity contribution in [2.45, 2.75) is 44.3 Å². The van der Waals surface area contributed by atoms with Crippen molar-refractivity contribution in [3.8, 4) is 0 Å². The number of carbonyl (C=O) groups excluding carboxylic acids is 2. The van der Waals surface area contributed by atoms with Crippen molar-refractivity contribution in [3.05, 3.63) is 0 Å². The molecule has 0 radical (unpaired) electrons. The molecule has 0 aromatic rings. The van der Waals surface area contributed by atoms with Gasteiger partial charge in [-0.3, -0.25) is 14.5 Å². The van der Waals surface area contributed by atoms with Crippen molar-refractivity contribution in [2.75, 3.05) is 13.2 Å². The minimum Gasteiger partial charge on any atom is -0.385 e. The average Bonchev–Trinajstić information content (AvgIpc) is 2.97. The predicted octanol–water partition coefficient (Wildman–Crippen LogP) is 0.311. The first-order valence-electron chi connectivity index (χ1n) is 6.72. The van der Waals surface area contributed by atoms with Crippen LogP contribution in [0.5, 0.6) is 0 Å². The first-order chi connectivity index (χ1) is 8.53. The Labute approximate surface area is 106 Å². The number of ether oxygens (including phenoxy) is 1. The van der Waals surface area contributed by atoms with Gasteiger partial charge in [0.05, 0.1) is 24.5 Å². The molecule has 3 aliphatic rings. The largest absolute Gasteiger partial charge is 0.385 e. The van der Waals surface area contributed by atoms with E-state index in [1.165, 1.54) is 4.90 Å². The molecule has 0 aromatic heterocycles. The summed E-state index contributed by atoms with van der Waals surface area (Å²) in [7, 11) is 0. The Kier molecular flexibility index (Phi) is 2.71. The number of nitrogens with zero attached hydrogens (tertiary/aromatic N) is 1. The highest BCUT2D eigenvalue weighted by Gasteiger charge is 2.53. The van der Waals surface area contributed by atoms with E-state index >= 15 is 0 Å². The van der Waals surface area contributed by atoms with Gasteiger partial charge in [-0.05, 0) is 19.8 Å². The summed E-state index contributed by atoms with van der Waals surface area (Å²) in [6.07, 6.45) is 2.76. The zero-order valence-corrected chi connectivity index (χ0v) is 10.6. The van der Waals surface area contributed by atoms with Crippen LogP contribution in [-0.2, 0) is 14.3 Å². The number of amides is 2. The van der Waals surface area contributed by atoms with Crippen LogP contribution in [0, 0.1) is 11.8 Å². The van der Waals surface area contributed by atoms with Gasteiger partial charge in [0.15, 0.2) is 0 Å². The highest BCUT2D eigenvalue weighted by Crippen LogP contribution is 2.41. The molecule has 0 spiro atoms. The zero-order chi connectivity index (χ0) is 12.9. The molecular formula is C13H19NO4. The summed E-state index contributed by atoms with van der Waals surface area (Å²) >= 11 is 0. The van der Waals surface area contributed by atoms with Gasteiger partial charge >= 0.3 is 0 Å². The maximum atomic E-state index is 12.2. The maximum Gasteiger partial charge on any atom is 0.233 e. The fraction of sp³-hybridized carbons (Fsp3) is 0.846. The second-order valence-electron chi connectivity index (χ2n) is 5.77. The fourth-order valence-corrected chi connectivity index (χ4v) is 3.47. The maximum absolute atomic E-state index is 12.2. The predicted molar refractivity (Wildman–Crippen MR) is 62.5 cm³/mol. The molecule has 1 N–H and O–H groups in total. The molecule has 4 unspecified atom stereocenters. The third-order valence-corrected chi connectivity index (χ3v) is 4.77. The first kappa shape index (κ1) is 12.1. The molecule has 18 heavy (non-hydrogen) atoms. The van der Waals surface area contributed by atoms with E-state index in [1.54, 1.807) is 6.92 Å². The van der Waals surface area contributed by atoms with Crippen molar-refractivity contribution in [2.24, 2.45) is 11.8 Å². The molecule has 5 heteroatoms. The van der Waals surface area contributed by atoms with Crippen LogP contribution in [0.1, 0.15) is 32.6 Å². The minimum atomic E-state index is -1.07. The van der Waals surface area contributed by atoms with Crippen molar-refractivity contribution >= 4 is 11.8 Å². The quantitative estimate of drug-likeness (QED) is 0.719. The molecule has 0 bridgehead atoms. The highest BCUT2D eigenvalue weighted by atomic mass is 16.5. The standard InChI is InChI=1S/C13H19NO4/c1-8-13(17,5-6-18-8)7-14-11(15)9-3-2-4-10(9)12(14)16/h8-10,17H,2-7H2,1H3. The van der Waals surface area contributed by atoms with Gasteiger partial charge in [0, 0.05) is 13.0 Å². The number of aliphatic hydroxyl groups is 1. The van der Waals surface area contributed by atoms with E-state index in [2.05, 4.69) is 0 Å². The summed E-state index contributed by atoms with van der Waals surface area (Å²) < 4.78 is 5.34. The third kappa shape index (κ3) is 1.61. The molecule has 0 aromatic carbocycles. The van der Waals surface area contributed by atoms with E-state index < -0.39 is 5.60 Å². The molecule has 1 aliphatic carbocycles. The second-order valence-corrected chi connectivity index (χ2v) is 5.77. The van der Waals surface area contributed by atoms with E-state index in [4.69, 9.17) is 4.74 Å². The van der Waals surface area contributed by atoms with Gasteiger partial charge in [0.2, 0.25) is 11.8 Å². The molecule has 4 atom stereocenters. The lowest BCUT2D eigenvalue weighted by atomic mass is 9.96. The van der Waals surface area contributed by atoms with Crippen molar-refractivity contribution in [1.82, 2.24) is 4.90 Å². The molecule has 3 rings (SSSR count). The van der Waals surface area contributed by atoms with E-state index in [0.717, 1.165) is 19.3 Å². The lowest BCUT2D eigenvalue weighted by Crippen LogP contribution is -2.50. The van der Waals surface area contributed by atoms with E-state index in [0.29, 0.717) is 13.0 Å². The average molecular weight is 253 g/mol. The van der Waals surface area contributed by atoms with Crippen LogP contribution >= 0.6 is 0 Å². The van der Waals surface area contributed by atoms with Crippen LogP contribution in [0.3, 0.4) is 0 Å². The van der Waals surface area contributed by atoms with Gasteiger partial charge in [0.25, 0.3) is 0 Å². The molecule has 1 saturated carbocycles. The summed E-state index contributed by atoms with van der Waals surface area (Å²) in [6.45, 7) is 2.37. The summed E-state index contributed by atoms with van der Waals surface area (Å²) in [5.41, 5.74) is -1.07. The van der Waals surface area contributed by atoms with Crippen molar-refractivity contribution in [1.29, 1.82) is 0 Å². The molecular weight excluding hydrogens is 234 g/mol. The number of hydrogen-bond donors (Lipinski definition) is 1. The van der Waals surface area contributed by atoms with Gasteiger partial charge in [-0.15, -0.1) is 0 Å². The van der Waals surface area contributed by atoms with Crippen LogP contribution in [0.15, 0.2) is 0 Å². The Bertz CT molecular complexity index is 374. The normalized spacial score (nSPS) is 43.9. The van der Waals surface area contributed by atoms with Crippen LogP contribution in [-0.4, -0.2) is 46.7 Å². The van der Waals surface area contributed by atoms with Crippen molar-refractivity contribution in [3.63, 3.8) is 0 Å². The SMILES string of the molecule is CC1OCCC1(O)CN1C(=O)C2CCCC2C1=O. The minimum absolute atomic E-state index is 0.0879. The Morgan fingerprint density at radius 2 is 1.94 bits per heavy atom. The van der Waals surface area contributed by atoms with Gasteiger partial charge in [-0.2, -0.15) is 0 Å². The molecule has 2 aliphatic heterocycles. The van der Waals surface area contributed by atoms with Crippen LogP contribution in [0.2, 0.25) is 0 Å². The number of β-amino-alcohol motifs (C(OH)–C–C–N with tert-alkyl or cyclic N) is 1. The van der Waals surface area contributed by atoms with Crippen molar-refractivity contribution < 1.29 is 19.4 Å². The fourth-order valence-electron chi connectivity index (χ4n) is 3.47. The highest BCUT2D eigenvalue weighted by molar-refractivity contribution is 6.05. The number of carbonyl (C=O) groups is 2. The lowest BCUT2D eigenvalue weighted by molar-refractivity contribution is -0.146. The van der Waals surface area contributed by atoms with E-state index in [9.17, 15) is 14.7 Å². The molecule has 100 valence electrons. The summed E-state index contributed by atoms with van der Waals surface area (Å²) in [4.78, 5) is 25.7.